The first kappa shape index (κ1) is 24.1. The number of carboxylic acid groups (broad SMARTS) is 1. The van der Waals surface area contributed by atoms with Gasteiger partial charge in [-0.25, -0.2) is 4.79 Å². The summed E-state index contributed by atoms with van der Waals surface area (Å²) in [5, 5.41) is 16.5. The molecule has 188 valence electrons. The number of anilines is 1. The van der Waals surface area contributed by atoms with Crippen molar-refractivity contribution in [1.29, 1.82) is 0 Å². The maximum atomic E-state index is 12.6. The third-order valence-electron chi connectivity index (χ3n) is 8.01. The van der Waals surface area contributed by atoms with Crippen molar-refractivity contribution in [2.75, 3.05) is 5.32 Å². The SMILES string of the molecule is Cc1noc(-c2ccc(C3CCC(C4(C(=O)O)CC4)CC3)cc2)c1NC(=O)OC(C)c1ccccc1. The van der Waals surface area contributed by atoms with Gasteiger partial charge < -0.3 is 14.4 Å². The van der Waals surface area contributed by atoms with Crippen LogP contribution in [0, 0.1) is 18.3 Å². The molecule has 1 amide bonds. The molecular formula is C29H32N2O5. The molecule has 2 aliphatic carbocycles. The lowest BCUT2D eigenvalue weighted by molar-refractivity contribution is -0.146. The average Bonchev–Trinajstić information content (AvgIpc) is 3.64. The Balaban J connectivity index is 1.23. The van der Waals surface area contributed by atoms with Crippen LogP contribution in [-0.4, -0.2) is 22.3 Å². The Morgan fingerprint density at radius 1 is 1.06 bits per heavy atom. The van der Waals surface area contributed by atoms with Crippen molar-refractivity contribution in [1.82, 2.24) is 5.16 Å². The van der Waals surface area contributed by atoms with E-state index in [0.717, 1.165) is 49.7 Å². The van der Waals surface area contributed by atoms with E-state index in [2.05, 4.69) is 22.6 Å². The normalized spacial score (nSPS) is 21.4. The van der Waals surface area contributed by atoms with Crippen molar-refractivity contribution < 1.29 is 24.0 Å². The van der Waals surface area contributed by atoms with Gasteiger partial charge in [0, 0.05) is 5.56 Å². The Hall–Kier alpha value is -3.61. The maximum Gasteiger partial charge on any atom is 0.412 e. The minimum Gasteiger partial charge on any atom is -0.481 e. The van der Waals surface area contributed by atoms with Gasteiger partial charge in [-0.1, -0.05) is 59.8 Å². The molecular weight excluding hydrogens is 456 g/mol. The largest absolute Gasteiger partial charge is 0.481 e. The van der Waals surface area contributed by atoms with Crippen molar-refractivity contribution in [3.63, 3.8) is 0 Å². The minimum atomic E-state index is -0.611. The van der Waals surface area contributed by atoms with E-state index in [1.54, 1.807) is 6.92 Å². The van der Waals surface area contributed by atoms with Crippen LogP contribution in [0.15, 0.2) is 59.1 Å². The van der Waals surface area contributed by atoms with Crippen molar-refractivity contribution in [2.24, 2.45) is 11.3 Å². The Kier molecular flexibility index (Phi) is 6.56. The number of nitrogens with zero attached hydrogens (tertiary/aromatic N) is 1. The van der Waals surface area contributed by atoms with Gasteiger partial charge in [0.05, 0.1) is 5.41 Å². The van der Waals surface area contributed by atoms with Crippen molar-refractivity contribution in [3.8, 4) is 11.3 Å². The maximum absolute atomic E-state index is 12.6. The number of carbonyl (C=O) groups is 2. The van der Waals surface area contributed by atoms with Gasteiger partial charge in [-0.2, -0.15) is 0 Å². The summed E-state index contributed by atoms with van der Waals surface area (Å²) in [4.78, 5) is 24.3. The number of benzene rings is 2. The quantitative estimate of drug-likeness (QED) is 0.368. The van der Waals surface area contributed by atoms with Crippen molar-refractivity contribution in [2.45, 2.75) is 64.4 Å². The summed E-state index contributed by atoms with van der Waals surface area (Å²) in [6, 6.07) is 17.7. The summed E-state index contributed by atoms with van der Waals surface area (Å²) in [6.45, 7) is 3.61. The van der Waals surface area contributed by atoms with Gasteiger partial charge in [0.25, 0.3) is 0 Å². The molecule has 0 aliphatic heterocycles. The van der Waals surface area contributed by atoms with Gasteiger partial charge in [0.2, 0.25) is 0 Å². The number of aliphatic carboxylic acids is 1. The number of hydrogen-bond donors (Lipinski definition) is 2. The zero-order valence-corrected chi connectivity index (χ0v) is 20.7. The molecule has 7 heteroatoms. The number of aryl methyl sites for hydroxylation is 1. The summed E-state index contributed by atoms with van der Waals surface area (Å²) < 4.78 is 11.1. The first-order chi connectivity index (χ1) is 17.4. The van der Waals surface area contributed by atoms with Crippen LogP contribution in [-0.2, 0) is 9.53 Å². The second-order valence-electron chi connectivity index (χ2n) is 10.2. The highest BCUT2D eigenvalue weighted by Crippen LogP contribution is 2.57. The van der Waals surface area contributed by atoms with Gasteiger partial charge in [-0.05, 0) is 75.3 Å². The van der Waals surface area contributed by atoms with Crippen LogP contribution in [0.2, 0.25) is 0 Å². The third-order valence-corrected chi connectivity index (χ3v) is 8.01. The van der Waals surface area contributed by atoms with Crippen molar-refractivity contribution >= 4 is 17.7 Å². The minimum absolute atomic E-state index is 0.306. The summed E-state index contributed by atoms with van der Waals surface area (Å²) >= 11 is 0. The van der Waals surface area contributed by atoms with Gasteiger partial charge in [0.15, 0.2) is 5.76 Å². The second kappa shape index (κ2) is 9.80. The highest BCUT2D eigenvalue weighted by molar-refractivity contribution is 5.90. The summed E-state index contributed by atoms with van der Waals surface area (Å²) in [5.74, 6) is 0.619. The van der Waals surface area contributed by atoms with E-state index in [1.165, 1.54) is 5.56 Å². The number of ether oxygens (including phenoxy) is 1. The molecule has 36 heavy (non-hydrogen) atoms. The topological polar surface area (TPSA) is 102 Å². The third kappa shape index (κ3) is 4.74. The molecule has 5 rings (SSSR count). The van der Waals surface area contributed by atoms with Crippen LogP contribution < -0.4 is 5.32 Å². The lowest BCUT2D eigenvalue weighted by atomic mass is 9.72. The Labute approximate surface area is 210 Å². The molecule has 7 nitrogen and oxygen atoms in total. The molecule has 1 unspecified atom stereocenters. The number of amides is 1. The molecule has 0 spiro atoms. The predicted octanol–water partition coefficient (Wildman–Crippen LogP) is 7.10. The first-order valence-electron chi connectivity index (χ1n) is 12.7. The lowest BCUT2D eigenvalue weighted by Gasteiger charge is -2.32. The zero-order valence-electron chi connectivity index (χ0n) is 20.7. The summed E-state index contributed by atoms with van der Waals surface area (Å²) in [6.07, 6.45) is 4.67. The highest BCUT2D eigenvalue weighted by Gasteiger charge is 2.56. The fourth-order valence-corrected chi connectivity index (χ4v) is 5.62. The Morgan fingerprint density at radius 3 is 2.33 bits per heavy atom. The first-order valence-corrected chi connectivity index (χ1v) is 12.7. The van der Waals surface area contributed by atoms with Gasteiger partial charge >= 0.3 is 12.1 Å². The molecule has 2 aliphatic rings. The molecule has 2 N–H and O–H groups in total. The van der Waals surface area contributed by atoms with Gasteiger partial charge in [-0.15, -0.1) is 0 Å². The second-order valence-corrected chi connectivity index (χ2v) is 10.2. The van der Waals surface area contributed by atoms with E-state index in [0.29, 0.717) is 29.0 Å². The molecule has 2 saturated carbocycles. The molecule has 1 heterocycles. The van der Waals surface area contributed by atoms with Crippen LogP contribution in [0.1, 0.15) is 74.3 Å². The lowest BCUT2D eigenvalue weighted by Crippen LogP contribution is -2.28. The van der Waals surface area contributed by atoms with Crippen LogP contribution in [0.25, 0.3) is 11.3 Å². The highest BCUT2D eigenvalue weighted by atomic mass is 16.6. The predicted molar refractivity (Wildman–Crippen MR) is 136 cm³/mol. The molecule has 2 fully saturated rings. The fourth-order valence-electron chi connectivity index (χ4n) is 5.62. The number of nitrogens with one attached hydrogen (secondary N) is 1. The summed E-state index contributed by atoms with van der Waals surface area (Å²) in [7, 11) is 0. The molecule has 3 aromatic rings. The van der Waals surface area contributed by atoms with Crippen molar-refractivity contribution in [3.05, 3.63) is 71.4 Å². The van der Waals surface area contributed by atoms with E-state index in [9.17, 15) is 14.7 Å². The van der Waals surface area contributed by atoms with Crippen LogP contribution in [0.5, 0.6) is 0 Å². The molecule has 1 atom stereocenters. The standard InChI is InChI=1S/C29H32N2O5/c1-18-25(30-28(34)35-19(2)20-6-4-3-5-7-20)26(36-31-18)23-10-8-21(9-11-23)22-12-14-24(15-13-22)29(16-17-29)27(32)33/h3-11,19,22,24H,12-17H2,1-2H3,(H,30,34)(H,32,33). The van der Waals surface area contributed by atoms with Crippen LogP contribution in [0.3, 0.4) is 0 Å². The van der Waals surface area contributed by atoms with E-state index >= 15 is 0 Å². The Bertz CT molecular complexity index is 1220. The van der Waals surface area contributed by atoms with E-state index in [1.807, 2.05) is 49.4 Å². The molecule has 0 saturated heterocycles. The number of carbonyl (C=O) groups excluding carboxylic acids is 1. The van der Waals surface area contributed by atoms with Gasteiger partial charge in [-0.3, -0.25) is 10.1 Å². The van der Waals surface area contributed by atoms with Crippen LogP contribution >= 0.6 is 0 Å². The number of aromatic nitrogens is 1. The number of rotatable bonds is 7. The smallest absolute Gasteiger partial charge is 0.412 e. The molecule has 1 aromatic heterocycles. The fraction of sp³-hybridized carbons (Fsp3) is 0.414. The average molecular weight is 489 g/mol. The summed E-state index contributed by atoms with van der Waals surface area (Å²) in [5.41, 5.74) is 3.61. The van der Waals surface area contributed by atoms with Gasteiger partial charge in [0.1, 0.15) is 17.5 Å². The van der Waals surface area contributed by atoms with E-state index in [-0.39, 0.29) is 0 Å². The number of hydrogen-bond acceptors (Lipinski definition) is 5. The Morgan fingerprint density at radius 2 is 1.72 bits per heavy atom. The van der Waals surface area contributed by atoms with Crippen LogP contribution in [0.4, 0.5) is 10.5 Å². The zero-order chi connectivity index (χ0) is 25.3. The molecule has 2 aromatic carbocycles. The van der Waals surface area contributed by atoms with E-state index in [4.69, 9.17) is 9.26 Å². The van der Waals surface area contributed by atoms with E-state index < -0.39 is 23.6 Å². The monoisotopic (exact) mass is 488 g/mol. The number of carboxylic acids is 1. The molecule has 0 radical (unpaired) electrons. The molecule has 0 bridgehead atoms.